The highest BCUT2D eigenvalue weighted by Crippen LogP contribution is 2.24. The van der Waals surface area contributed by atoms with E-state index in [1.165, 1.54) is 0 Å². The number of anilines is 1. The first-order chi connectivity index (χ1) is 13.2. The molecule has 0 atom stereocenters. The van der Waals surface area contributed by atoms with Crippen LogP contribution in [0.2, 0.25) is 5.02 Å². The number of carbonyl (C=O) groups excluding carboxylic acids is 1. The third-order valence-electron chi connectivity index (χ3n) is 4.02. The Labute approximate surface area is 161 Å². The summed E-state index contributed by atoms with van der Waals surface area (Å²) in [4.78, 5) is 16.8. The van der Waals surface area contributed by atoms with E-state index in [2.05, 4.69) is 15.4 Å². The zero-order chi connectivity index (χ0) is 18.6. The molecule has 2 aromatic heterocycles. The fourth-order valence-electron chi connectivity index (χ4n) is 2.68. The molecule has 0 aliphatic heterocycles. The second-order valence-electron chi connectivity index (χ2n) is 5.86. The lowest BCUT2D eigenvalue weighted by atomic mass is 10.2. The van der Waals surface area contributed by atoms with Crippen LogP contribution in [0.25, 0.3) is 16.9 Å². The predicted octanol–water partition coefficient (Wildman–Crippen LogP) is 4.84. The number of hydrogen-bond acceptors (Lipinski definition) is 3. The van der Waals surface area contributed by atoms with Crippen LogP contribution >= 0.6 is 11.6 Å². The van der Waals surface area contributed by atoms with Gasteiger partial charge >= 0.3 is 0 Å². The van der Waals surface area contributed by atoms with Crippen LogP contribution in [0.4, 0.5) is 5.82 Å². The van der Waals surface area contributed by atoms with Crippen LogP contribution in [0.1, 0.15) is 10.4 Å². The first-order valence-corrected chi connectivity index (χ1v) is 8.71. The molecule has 132 valence electrons. The minimum absolute atomic E-state index is 0.235. The van der Waals surface area contributed by atoms with Gasteiger partial charge in [0.15, 0.2) is 0 Å². The number of amides is 1. The number of nitrogens with one attached hydrogen (secondary N) is 1. The molecule has 27 heavy (non-hydrogen) atoms. The van der Waals surface area contributed by atoms with Gasteiger partial charge in [-0.1, -0.05) is 29.8 Å². The fourth-order valence-corrected chi connectivity index (χ4v) is 2.81. The molecule has 0 bridgehead atoms. The average molecular weight is 375 g/mol. The molecular formula is C21H15ClN4O. The summed E-state index contributed by atoms with van der Waals surface area (Å²) in [5.41, 5.74) is 2.95. The fraction of sp³-hybridized carbons (Fsp3) is 0. The lowest BCUT2D eigenvalue weighted by molar-refractivity contribution is 0.102. The number of carbonyl (C=O) groups is 1. The summed E-state index contributed by atoms with van der Waals surface area (Å²) in [6.07, 6.45) is 3.45. The van der Waals surface area contributed by atoms with E-state index < -0.39 is 0 Å². The summed E-state index contributed by atoms with van der Waals surface area (Å²) in [6.45, 7) is 0. The Bertz CT molecular complexity index is 1060. The van der Waals surface area contributed by atoms with Crippen molar-refractivity contribution in [2.45, 2.75) is 0 Å². The molecule has 0 fully saturated rings. The molecule has 6 heteroatoms. The van der Waals surface area contributed by atoms with Crippen LogP contribution in [-0.2, 0) is 0 Å². The third-order valence-corrected chi connectivity index (χ3v) is 4.27. The van der Waals surface area contributed by atoms with Crippen LogP contribution in [0.15, 0.2) is 85.2 Å². The Morgan fingerprint density at radius 2 is 1.74 bits per heavy atom. The molecule has 1 N–H and O–H groups in total. The van der Waals surface area contributed by atoms with Crippen molar-refractivity contribution in [1.82, 2.24) is 14.8 Å². The topological polar surface area (TPSA) is 59.8 Å². The van der Waals surface area contributed by atoms with Gasteiger partial charge in [-0.2, -0.15) is 5.10 Å². The number of benzene rings is 2. The summed E-state index contributed by atoms with van der Waals surface area (Å²) in [7, 11) is 0. The van der Waals surface area contributed by atoms with Crippen molar-refractivity contribution in [3.63, 3.8) is 0 Å². The van der Waals surface area contributed by atoms with Crippen LogP contribution < -0.4 is 5.32 Å². The molecule has 5 nitrogen and oxygen atoms in total. The first kappa shape index (κ1) is 17.0. The van der Waals surface area contributed by atoms with E-state index >= 15 is 0 Å². The SMILES string of the molecule is O=C(Nc1cc(-c2cccnc2)nn1-c1ccccc1)c1ccc(Cl)cc1. The minimum atomic E-state index is -0.235. The summed E-state index contributed by atoms with van der Waals surface area (Å²) in [5.74, 6) is 0.335. The number of nitrogens with zero attached hydrogens (tertiary/aromatic N) is 3. The zero-order valence-corrected chi connectivity index (χ0v) is 15.0. The highest BCUT2D eigenvalue weighted by Gasteiger charge is 2.15. The first-order valence-electron chi connectivity index (χ1n) is 8.33. The number of para-hydroxylation sites is 1. The van der Waals surface area contributed by atoms with Crippen molar-refractivity contribution in [3.8, 4) is 16.9 Å². The second kappa shape index (κ2) is 7.43. The van der Waals surface area contributed by atoms with E-state index in [1.54, 1.807) is 41.3 Å². The van der Waals surface area contributed by atoms with E-state index in [4.69, 9.17) is 11.6 Å². The van der Waals surface area contributed by atoms with Crippen molar-refractivity contribution in [2.24, 2.45) is 0 Å². The highest BCUT2D eigenvalue weighted by atomic mass is 35.5. The van der Waals surface area contributed by atoms with Crippen LogP contribution in [0.3, 0.4) is 0 Å². The molecule has 0 aliphatic carbocycles. The Balaban J connectivity index is 1.73. The molecule has 0 spiro atoms. The summed E-state index contributed by atoms with van der Waals surface area (Å²) in [5, 5.41) is 8.17. The van der Waals surface area contributed by atoms with E-state index in [-0.39, 0.29) is 5.91 Å². The van der Waals surface area contributed by atoms with Gasteiger partial charge < -0.3 is 5.32 Å². The second-order valence-corrected chi connectivity index (χ2v) is 6.30. The van der Waals surface area contributed by atoms with Gasteiger partial charge in [0.2, 0.25) is 0 Å². The maximum atomic E-state index is 12.6. The van der Waals surface area contributed by atoms with Crippen molar-refractivity contribution in [2.75, 3.05) is 5.32 Å². The Hall–Kier alpha value is -3.44. The quantitative estimate of drug-likeness (QED) is 0.556. The predicted molar refractivity (Wildman–Crippen MR) is 106 cm³/mol. The van der Waals surface area contributed by atoms with Crippen molar-refractivity contribution >= 4 is 23.3 Å². The molecule has 0 radical (unpaired) electrons. The molecule has 0 unspecified atom stereocenters. The molecule has 1 amide bonds. The Morgan fingerprint density at radius 3 is 2.44 bits per heavy atom. The van der Waals surface area contributed by atoms with Gasteiger partial charge in [0.25, 0.3) is 5.91 Å². The van der Waals surface area contributed by atoms with Crippen molar-refractivity contribution in [1.29, 1.82) is 0 Å². The van der Waals surface area contributed by atoms with Gasteiger partial charge in [-0.25, -0.2) is 4.68 Å². The standard InChI is InChI=1S/C21H15ClN4O/c22-17-10-8-15(9-11-17)21(27)24-20-13-19(16-5-4-12-23-14-16)25-26(20)18-6-2-1-3-7-18/h1-14H,(H,24,27). The summed E-state index contributed by atoms with van der Waals surface area (Å²) >= 11 is 5.90. The number of halogens is 1. The Kier molecular flexibility index (Phi) is 4.68. The van der Waals surface area contributed by atoms with Gasteiger partial charge in [0.1, 0.15) is 5.82 Å². The number of pyridine rings is 1. The summed E-state index contributed by atoms with van der Waals surface area (Å²) < 4.78 is 1.70. The molecule has 2 aromatic carbocycles. The number of rotatable bonds is 4. The largest absolute Gasteiger partial charge is 0.306 e. The van der Waals surface area contributed by atoms with Gasteiger partial charge in [-0.05, 0) is 48.5 Å². The molecular weight excluding hydrogens is 360 g/mol. The zero-order valence-electron chi connectivity index (χ0n) is 14.2. The molecule has 4 rings (SSSR count). The molecule has 0 saturated heterocycles. The van der Waals surface area contributed by atoms with Crippen molar-refractivity contribution in [3.05, 3.63) is 95.8 Å². The maximum Gasteiger partial charge on any atom is 0.256 e. The minimum Gasteiger partial charge on any atom is -0.306 e. The third kappa shape index (κ3) is 3.73. The highest BCUT2D eigenvalue weighted by molar-refractivity contribution is 6.30. The van der Waals surface area contributed by atoms with Gasteiger partial charge in [-0.3, -0.25) is 9.78 Å². The number of hydrogen-bond donors (Lipinski definition) is 1. The van der Waals surface area contributed by atoms with E-state index in [9.17, 15) is 4.79 Å². The molecule has 0 aliphatic rings. The number of aromatic nitrogens is 3. The average Bonchev–Trinajstić information content (AvgIpc) is 3.13. The van der Waals surface area contributed by atoms with E-state index in [1.807, 2.05) is 48.5 Å². The molecule has 2 heterocycles. The summed E-state index contributed by atoms with van der Waals surface area (Å²) in [6, 6.07) is 22.0. The normalized spacial score (nSPS) is 10.6. The molecule has 4 aromatic rings. The van der Waals surface area contributed by atoms with Gasteiger partial charge in [0.05, 0.1) is 11.4 Å². The van der Waals surface area contributed by atoms with Crippen LogP contribution in [0, 0.1) is 0 Å². The van der Waals surface area contributed by atoms with Crippen LogP contribution in [-0.4, -0.2) is 20.7 Å². The monoisotopic (exact) mass is 374 g/mol. The lowest BCUT2D eigenvalue weighted by Gasteiger charge is -2.09. The van der Waals surface area contributed by atoms with Gasteiger partial charge in [0, 0.05) is 34.6 Å². The van der Waals surface area contributed by atoms with Crippen molar-refractivity contribution < 1.29 is 4.79 Å². The van der Waals surface area contributed by atoms with Gasteiger partial charge in [-0.15, -0.1) is 0 Å². The smallest absolute Gasteiger partial charge is 0.256 e. The Morgan fingerprint density at radius 1 is 0.963 bits per heavy atom. The maximum absolute atomic E-state index is 12.6. The molecule has 0 saturated carbocycles. The lowest BCUT2D eigenvalue weighted by Crippen LogP contribution is -2.15. The van der Waals surface area contributed by atoms with Crippen LogP contribution in [0.5, 0.6) is 0 Å². The van der Waals surface area contributed by atoms with E-state index in [0.29, 0.717) is 16.4 Å². The van der Waals surface area contributed by atoms with E-state index in [0.717, 1.165) is 16.9 Å².